The number of hydrogen-bond donors (Lipinski definition) is 3. The molecule has 1 aromatic heterocycles. The molecule has 1 saturated carbocycles. The zero-order valence-corrected chi connectivity index (χ0v) is 27.7. The van der Waals surface area contributed by atoms with Crippen LogP contribution in [0.1, 0.15) is 66.1 Å². The van der Waals surface area contributed by atoms with E-state index in [9.17, 15) is 23.5 Å². The van der Waals surface area contributed by atoms with Crippen LogP contribution in [0, 0.1) is 0 Å². The Morgan fingerprint density at radius 2 is 1.78 bits per heavy atom. The Kier molecular flexibility index (Phi) is 11.8. The van der Waals surface area contributed by atoms with Gasteiger partial charge in [0.25, 0.3) is 5.91 Å². The number of ether oxygens (including phenoxy) is 1. The number of fused-ring (bicyclic) bond motifs is 3. The van der Waals surface area contributed by atoms with E-state index in [-0.39, 0.29) is 11.5 Å². The third-order valence-electron chi connectivity index (χ3n) is 9.00. The minimum absolute atomic E-state index is 0.109. The van der Waals surface area contributed by atoms with Crippen molar-refractivity contribution in [1.82, 2.24) is 18.7 Å². The fourth-order valence-corrected chi connectivity index (χ4v) is 6.59. The summed E-state index contributed by atoms with van der Waals surface area (Å²) in [4.78, 5) is 29.7. The normalized spacial score (nSPS) is 20.8. The van der Waals surface area contributed by atoms with Crippen molar-refractivity contribution in [1.29, 1.82) is 0 Å². The molecular formula is C33H48N5O6S+. The molecular weight excluding hydrogens is 594 g/mol. The maximum absolute atomic E-state index is 14.0. The summed E-state index contributed by atoms with van der Waals surface area (Å²) < 4.78 is 30.1. The number of allylic oxidation sites excluding steroid dienone is 4. The van der Waals surface area contributed by atoms with Crippen molar-refractivity contribution in [2.75, 3.05) is 54.4 Å². The van der Waals surface area contributed by atoms with Crippen LogP contribution >= 0.6 is 0 Å². The van der Waals surface area contributed by atoms with Crippen LogP contribution in [-0.2, 0) is 37.3 Å². The number of methoxy groups -OCH3 is 1. The summed E-state index contributed by atoms with van der Waals surface area (Å²) in [7, 11) is 3.30. The van der Waals surface area contributed by atoms with E-state index in [1.807, 2.05) is 36.2 Å². The molecule has 45 heavy (non-hydrogen) atoms. The highest BCUT2D eigenvalue weighted by Gasteiger charge is 2.28. The highest BCUT2D eigenvalue weighted by molar-refractivity contribution is 7.93. The van der Waals surface area contributed by atoms with Gasteiger partial charge in [0.1, 0.15) is 5.76 Å². The van der Waals surface area contributed by atoms with Crippen LogP contribution in [0.3, 0.4) is 0 Å². The molecule has 1 aliphatic carbocycles. The molecule has 11 nitrogen and oxygen atoms in total. The zero-order valence-electron chi connectivity index (χ0n) is 26.9. The maximum Gasteiger partial charge on any atom is 0.369 e. The van der Waals surface area contributed by atoms with Gasteiger partial charge in [0.2, 0.25) is 0 Å². The number of carboxylic acids is 1. The lowest BCUT2D eigenvalue weighted by atomic mass is 9.82. The van der Waals surface area contributed by atoms with Crippen LogP contribution in [0.25, 0.3) is 10.9 Å². The quantitative estimate of drug-likeness (QED) is 0.308. The van der Waals surface area contributed by atoms with Crippen molar-refractivity contribution in [2.45, 2.75) is 57.4 Å². The van der Waals surface area contributed by atoms with Crippen molar-refractivity contribution in [3.8, 4) is 0 Å². The minimum atomic E-state index is -3.50. The topological polar surface area (TPSA) is 142 Å². The van der Waals surface area contributed by atoms with E-state index in [2.05, 4.69) is 10.6 Å². The predicted octanol–water partition coefficient (Wildman–Crippen LogP) is 4.43. The van der Waals surface area contributed by atoms with Gasteiger partial charge < -0.3 is 24.2 Å². The molecule has 4 rings (SSSR count). The first-order valence-corrected chi connectivity index (χ1v) is 17.1. The van der Waals surface area contributed by atoms with Gasteiger partial charge in [-0.3, -0.25) is 4.79 Å². The lowest BCUT2D eigenvalue weighted by Crippen LogP contribution is -2.44. The molecule has 0 bridgehead atoms. The highest BCUT2D eigenvalue weighted by Crippen LogP contribution is 2.41. The number of aromatic nitrogens is 1. The Morgan fingerprint density at radius 1 is 1.07 bits per heavy atom. The lowest BCUT2D eigenvalue weighted by Gasteiger charge is -2.25. The lowest BCUT2D eigenvalue weighted by molar-refractivity contribution is -0.126. The molecule has 2 aromatic rings. The number of carboxylic acid groups (broad SMARTS) is 1. The SMILES string of the molecule is COC1=C/C/C=C(/C(=O)N(C)CCN(C)CCN(C)[S+](N)(=O)O)Cn2c(c(C3CCCCC3)c3ccc(C(=O)O)cc32)C/C=C\1. The molecule has 1 atom stereocenters. The van der Waals surface area contributed by atoms with Gasteiger partial charge in [-0.05, 0) is 66.3 Å². The van der Waals surface area contributed by atoms with Gasteiger partial charge in [0, 0.05) is 62.3 Å². The van der Waals surface area contributed by atoms with Gasteiger partial charge in [0.05, 0.1) is 25.8 Å². The number of nitrogens with two attached hydrogens (primary N) is 1. The summed E-state index contributed by atoms with van der Waals surface area (Å²) in [6.45, 7) is 2.13. The number of nitrogens with zero attached hydrogens (tertiary/aromatic N) is 4. The fourth-order valence-electron chi connectivity index (χ4n) is 6.24. The van der Waals surface area contributed by atoms with E-state index >= 15 is 0 Å². The Labute approximate surface area is 267 Å². The fraction of sp³-hybridized carbons (Fsp3) is 0.515. The zero-order chi connectivity index (χ0) is 32.7. The Morgan fingerprint density at radius 3 is 2.44 bits per heavy atom. The molecule has 0 saturated heterocycles. The Hall–Kier alpha value is -3.29. The Balaban J connectivity index is 1.68. The minimum Gasteiger partial charge on any atom is -0.497 e. The molecule has 4 N–H and O–H groups in total. The van der Waals surface area contributed by atoms with Crippen molar-refractivity contribution in [3.05, 3.63) is 70.7 Å². The maximum atomic E-state index is 14.0. The highest BCUT2D eigenvalue weighted by atomic mass is 32.3. The van der Waals surface area contributed by atoms with Crippen molar-refractivity contribution in [2.24, 2.45) is 5.14 Å². The second kappa shape index (κ2) is 15.3. The molecule has 1 aromatic carbocycles. The summed E-state index contributed by atoms with van der Waals surface area (Å²) in [6, 6.07) is 5.38. The van der Waals surface area contributed by atoms with Crippen LogP contribution in [0.15, 0.2) is 53.8 Å². The number of amides is 1. The monoisotopic (exact) mass is 642 g/mol. The van der Waals surface area contributed by atoms with Crippen LogP contribution in [0.4, 0.5) is 0 Å². The van der Waals surface area contributed by atoms with Gasteiger partial charge in [0.15, 0.2) is 0 Å². The smallest absolute Gasteiger partial charge is 0.369 e. The van der Waals surface area contributed by atoms with E-state index < -0.39 is 16.6 Å². The average Bonchev–Trinajstić information content (AvgIpc) is 3.30. The van der Waals surface area contributed by atoms with Gasteiger partial charge in [-0.2, -0.15) is 4.55 Å². The molecule has 2 heterocycles. The molecule has 1 unspecified atom stereocenters. The number of carbonyl (C=O) groups is 2. The van der Waals surface area contributed by atoms with Gasteiger partial charge in [-0.15, -0.1) is 5.14 Å². The first-order chi connectivity index (χ1) is 21.4. The summed E-state index contributed by atoms with van der Waals surface area (Å²) in [5.74, 6) is 0.0101. The molecule has 1 amide bonds. The number of carbonyl (C=O) groups excluding carboxylic acids is 1. The van der Waals surface area contributed by atoms with Gasteiger partial charge in [-0.25, -0.2) is 4.79 Å². The third kappa shape index (κ3) is 8.71. The van der Waals surface area contributed by atoms with Crippen LogP contribution < -0.4 is 5.14 Å². The summed E-state index contributed by atoms with van der Waals surface area (Å²) in [5, 5.41) is 16.2. The molecule has 0 radical (unpaired) electrons. The van der Waals surface area contributed by atoms with E-state index in [4.69, 9.17) is 9.88 Å². The third-order valence-corrected chi connectivity index (χ3v) is 10.1. The molecule has 246 valence electrons. The van der Waals surface area contributed by atoms with Gasteiger partial charge in [-0.1, -0.05) is 41.8 Å². The average molecular weight is 643 g/mol. The molecule has 0 spiro atoms. The Bertz CT molecular complexity index is 1520. The number of aromatic carboxylic acids is 1. The summed E-state index contributed by atoms with van der Waals surface area (Å²) in [6.07, 6.45) is 14.8. The molecule has 1 fully saturated rings. The van der Waals surface area contributed by atoms with Crippen molar-refractivity contribution < 1.29 is 28.2 Å². The second-order valence-corrected chi connectivity index (χ2v) is 13.8. The van der Waals surface area contributed by atoms with E-state index in [1.54, 1.807) is 31.2 Å². The largest absolute Gasteiger partial charge is 0.497 e. The molecule has 12 heteroatoms. The van der Waals surface area contributed by atoms with Crippen molar-refractivity contribution >= 4 is 33.4 Å². The second-order valence-electron chi connectivity index (χ2n) is 12.1. The summed E-state index contributed by atoms with van der Waals surface area (Å²) in [5.41, 5.74) is 4.05. The van der Waals surface area contributed by atoms with Crippen LogP contribution in [0.2, 0.25) is 0 Å². The number of likely N-dealkylation sites (N-methyl/N-ethyl adjacent to an activating group) is 3. The number of rotatable bonds is 11. The standard InChI is InChI=1S/C33H47N5O6S/c1-35(19-21-37(3)45(34,42)43)18-20-36(2)32(39)26-12-8-13-27(44-4)14-9-15-29-31(24-10-6-5-7-11-24)28-17-16-25(33(40)41)22-30(28)38(29)23-26/h9,12-14,16-17,22,24H,5-8,10-11,15,18-21,23H2,1-4H3,(H3-,34,40,41,42,43)/p+1/b14-9-,26-12+,27-13+. The van der Waals surface area contributed by atoms with Crippen LogP contribution in [-0.4, -0.2) is 94.6 Å². The number of hydrogen-bond acceptors (Lipinski definition) is 5. The van der Waals surface area contributed by atoms with E-state index in [1.165, 1.54) is 36.2 Å². The number of benzene rings is 1. The predicted molar refractivity (Wildman–Crippen MR) is 178 cm³/mol. The molecule has 1 aliphatic heterocycles. The van der Waals surface area contributed by atoms with E-state index in [0.29, 0.717) is 57.1 Å². The molecule has 2 aliphatic rings. The van der Waals surface area contributed by atoms with E-state index in [0.717, 1.165) is 35.2 Å². The first-order valence-electron chi connectivity index (χ1n) is 15.6. The van der Waals surface area contributed by atoms with Gasteiger partial charge >= 0.3 is 16.6 Å². The first kappa shape index (κ1) is 34.6. The van der Waals surface area contributed by atoms with Crippen LogP contribution in [0.5, 0.6) is 0 Å². The summed E-state index contributed by atoms with van der Waals surface area (Å²) >= 11 is 0. The van der Waals surface area contributed by atoms with Crippen molar-refractivity contribution in [3.63, 3.8) is 0 Å².